The minimum absolute atomic E-state index is 0.133. The van der Waals surface area contributed by atoms with Crippen molar-refractivity contribution in [2.45, 2.75) is 38.6 Å². The average molecular weight is 495 g/mol. The van der Waals surface area contributed by atoms with Crippen LogP contribution >= 0.6 is 0 Å². The van der Waals surface area contributed by atoms with Crippen molar-refractivity contribution in [2.75, 3.05) is 24.1 Å². The Labute approximate surface area is 206 Å². The topological polar surface area (TPSA) is 84.9 Å². The number of carbonyl (C=O) groups is 1. The van der Waals surface area contributed by atoms with Crippen LogP contribution in [0.1, 0.15) is 35.2 Å². The van der Waals surface area contributed by atoms with E-state index in [2.05, 4.69) is 5.32 Å². The highest BCUT2D eigenvalue weighted by atomic mass is 32.2. The van der Waals surface area contributed by atoms with E-state index in [4.69, 9.17) is 9.47 Å². The third-order valence-corrected chi connectivity index (χ3v) is 7.91. The summed E-state index contributed by atoms with van der Waals surface area (Å²) in [7, 11) is -3.97. The van der Waals surface area contributed by atoms with E-state index < -0.39 is 15.9 Å². The van der Waals surface area contributed by atoms with Crippen LogP contribution < -0.4 is 19.1 Å². The summed E-state index contributed by atoms with van der Waals surface area (Å²) in [5.74, 6) is 0.887. The van der Waals surface area contributed by atoms with Gasteiger partial charge in [0.15, 0.2) is 11.5 Å². The predicted molar refractivity (Wildman–Crippen MR) is 136 cm³/mol. The Kier molecular flexibility index (Phi) is 7.03. The maximum Gasteiger partial charge on any atom is 0.264 e. The van der Waals surface area contributed by atoms with Crippen molar-refractivity contribution in [3.63, 3.8) is 0 Å². The minimum Gasteiger partial charge on any atom is -0.486 e. The van der Waals surface area contributed by atoms with Gasteiger partial charge in [0.25, 0.3) is 10.0 Å². The summed E-state index contributed by atoms with van der Waals surface area (Å²) in [6, 6.07) is 17.2. The lowest BCUT2D eigenvalue weighted by atomic mass is 10.1. The maximum absolute atomic E-state index is 13.6. The third kappa shape index (κ3) is 5.43. The van der Waals surface area contributed by atoms with E-state index >= 15 is 0 Å². The molecular weight excluding hydrogens is 464 g/mol. The number of aryl methyl sites for hydroxylation is 3. The molecule has 3 aromatic rings. The standard InChI is InChI=1S/C27H30N2O5S/c1-18-5-10-24(11-6-18)35(31,32)29(23-9-7-19(2)20(3)15-23)17-27(30)28-21(4)22-8-12-25-26(16-22)34-14-13-33-25/h5-12,15-16,21H,13-14,17H2,1-4H3,(H,28,30)/t21-/m1/s1. The van der Waals surface area contributed by atoms with Crippen molar-refractivity contribution in [3.05, 3.63) is 82.9 Å². The molecule has 1 atom stereocenters. The molecule has 1 N–H and O–H groups in total. The molecule has 1 aliphatic heterocycles. The van der Waals surface area contributed by atoms with Gasteiger partial charge in [-0.1, -0.05) is 29.8 Å². The molecule has 0 aliphatic carbocycles. The Morgan fingerprint density at radius 1 is 0.914 bits per heavy atom. The molecule has 1 amide bonds. The molecule has 0 fully saturated rings. The predicted octanol–water partition coefficient (Wildman–Crippen LogP) is 4.46. The van der Waals surface area contributed by atoms with Crippen molar-refractivity contribution in [1.29, 1.82) is 0 Å². The lowest BCUT2D eigenvalue weighted by molar-refractivity contribution is -0.120. The molecule has 0 radical (unpaired) electrons. The molecule has 0 saturated carbocycles. The normalized spacial score (nSPS) is 13.7. The fourth-order valence-electron chi connectivity index (χ4n) is 3.86. The van der Waals surface area contributed by atoms with E-state index in [1.807, 2.05) is 52.0 Å². The molecule has 4 rings (SSSR count). The number of benzene rings is 3. The van der Waals surface area contributed by atoms with Crippen molar-refractivity contribution < 1.29 is 22.7 Å². The summed E-state index contributed by atoms with van der Waals surface area (Å²) in [6.45, 7) is 8.23. The molecule has 0 bridgehead atoms. The van der Waals surface area contributed by atoms with Gasteiger partial charge >= 0.3 is 0 Å². The summed E-state index contributed by atoms with van der Waals surface area (Å²) in [5, 5.41) is 2.92. The van der Waals surface area contributed by atoms with Gasteiger partial charge < -0.3 is 14.8 Å². The van der Waals surface area contributed by atoms with E-state index in [9.17, 15) is 13.2 Å². The second kappa shape index (κ2) is 10.00. The zero-order valence-electron chi connectivity index (χ0n) is 20.4. The average Bonchev–Trinajstić information content (AvgIpc) is 2.84. The quantitative estimate of drug-likeness (QED) is 0.524. The van der Waals surface area contributed by atoms with Gasteiger partial charge in [0.2, 0.25) is 5.91 Å². The first kappa shape index (κ1) is 24.6. The van der Waals surface area contributed by atoms with E-state index in [1.54, 1.807) is 36.4 Å². The first-order valence-corrected chi connectivity index (χ1v) is 12.9. The summed E-state index contributed by atoms with van der Waals surface area (Å²) >= 11 is 0. The largest absolute Gasteiger partial charge is 0.486 e. The number of carbonyl (C=O) groups excluding carboxylic acids is 1. The van der Waals surface area contributed by atoms with Crippen molar-refractivity contribution in [3.8, 4) is 11.5 Å². The van der Waals surface area contributed by atoms with Gasteiger partial charge in [0, 0.05) is 0 Å². The van der Waals surface area contributed by atoms with Gasteiger partial charge in [-0.25, -0.2) is 8.42 Å². The first-order valence-electron chi connectivity index (χ1n) is 11.5. The monoisotopic (exact) mass is 494 g/mol. The van der Waals surface area contributed by atoms with Crippen LogP contribution in [-0.2, 0) is 14.8 Å². The van der Waals surface area contributed by atoms with Crippen molar-refractivity contribution in [2.24, 2.45) is 0 Å². The van der Waals surface area contributed by atoms with Gasteiger partial charge in [0.1, 0.15) is 19.8 Å². The second-order valence-corrected chi connectivity index (χ2v) is 10.6. The van der Waals surface area contributed by atoms with Crippen molar-refractivity contribution >= 4 is 21.6 Å². The number of fused-ring (bicyclic) bond motifs is 1. The van der Waals surface area contributed by atoms with Crippen LogP contribution in [0, 0.1) is 20.8 Å². The molecule has 8 heteroatoms. The molecule has 0 aromatic heterocycles. The highest BCUT2D eigenvalue weighted by molar-refractivity contribution is 7.92. The van der Waals surface area contributed by atoms with Crippen LogP contribution in [0.5, 0.6) is 11.5 Å². The van der Waals surface area contributed by atoms with Crippen LogP contribution in [0.15, 0.2) is 65.6 Å². The zero-order valence-corrected chi connectivity index (χ0v) is 21.2. The number of nitrogens with one attached hydrogen (secondary N) is 1. The van der Waals surface area contributed by atoms with Gasteiger partial charge in [-0.15, -0.1) is 0 Å². The highest BCUT2D eigenvalue weighted by Gasteiger charge is 2.28. The van der Waals surface area contributed by atoms with Crippen molar-refractivity contribution in [1.82, 2.24) is 5.32 Å². The number of hydrogen-bond donors (Lipinski definition) is 1. The molecule has 7 nitrogen and oxygen atoms in total. The molecule has 184 valence electrons. The summed E-state index contributed by atoms with van der Waals surface area (Å²) in [5.41, 5.74) is 4.21. The lowest BCUT2D eigenvalue weighted by Crippen LogP contribution is -2.41. The fraction of sp³-hybridized carbons (Fsp3) is 0.296. The second-order valence-electron chi connectivity index (χ2n) is 8.79. The van der Waals surface area contributed by atoms with Crippen LogP contribution in [-0.4, -0.2) is 34.1 Å². The Balaban J connectivity index is 1.59. The zero-order chi connectivity index (χ0) is 25.2. The molecule has 3 aromatic carbocycles. The number of amides is 1. The maximum atomic E-state index is 13.6. The summed E-state index contributed by atoms with van der Waals surface area (Å²) < 4.78 is 39.6. The van der Waals surface area contributed by atoms with E-state index in [0.29, 0.717) is 30.4 Å². The molecule has 1 heterocycles. The number of hydrogen-bond acceptors (Lipinski definition) is 5. The number of rotatable bonds is 7. The van der Waals surface area contributed by atoms with E-state index in [1.165, 1.54) is 0 Å². The molecule has 0 saturated heterocycles. The van der Waals surface area contributed by atoms with Gasteiger partial charge in [-0.05, 0) is 80.8 Å². The van der Waals surface area contributed by atoms with Gasteiger partial charge in [-0.2, -0.15) is 0 Å². The summed E-state index contributed by atoms with van der Waals surface area (Å²) in [4.78, 5) is 13.2. The molecule has 35 heavy (non-hydrogen) atoms. The first-order chi connectivity index (χ1) is 16.6. The smallest absolute Gasteiger partial charge is 0.264 e. The number of nitrogens with zero attached hydrogens (tertiary/aromatic N) is 1. The Morgan fingerprint density at radius 3 is 2.29 bits per heavy atom. The van der Waals surface area contributed by atoms with Crippen LogP contribution in [0.3, 0.4) is 0 Å². The fourth-order valence-corrected chi connectivity index (χ4v) is 5.28. The summed E-state index contributed by atoms with van der Waals surface area (Å²) in [6.07, 6.45) is 0. The van der Waals surface area contributed by atoms with E-state index in [0.717, 1.165) is 26.6 Å². The van der Waals surface area contributed by atoms with Crippen LogP contribution in [0.25, 0.3) is 0 Å². The number of anilines is 1. The minimum atomic E-state index is -3.97. The lowest BCUT2D eigenvalue weighted by Gasteiger charge is -2.26. The molecule has 0 unspecified atom stereocenters. The van der Waals surface area contributed by atoms with Crippen LogP contribution in [0.2, 0.25) is 0 Å². The number of ether oxygens (including phenoxy) is 2. The van der Waals surface area contributed by atoms with Gasteiger partial charge in [-0.3, -0.25) is 9.10 Å². The molecule has 0 spiro atoms. The molecule has 1 aliphatic rings. The third-order valence-electron chi connectivity index (χ3n) is 6.12. The Hall–Kier alpha value is -3.52. The highest BCUT2D eigenvalue weighted by Crippen LogP contribution is 2.32. The Bertz CT molecular complexity index is 1340. The van der Waals surface area contributed by atoms with Gasteiger partial charge in [0.05, 0.1) is 16.6 Å². The van der Waals surface area contributed by atoms with Crippen LogP contribution in [0.4, 0.5) is 5.69 Å². The Morgan fingerprint density at radius 2 is 1.60 bits per heavy atom. The number of sulfonamides is 1. The van der Waals surface area contributed by atoms with E-state index in [-0.39, 0.29) is 17.5 Å². The SMILES string of the molecule is Cc1ccc(S(=O)(=O)N(CC(=O)N[C@H](C)c2ccc3c(c2)OCCO3)c2ccc(C)c(C)c2)cc1. The molecular formula is C27H30N2O5S.